The fourth-order valence-electron chi connectivity index (χ4n) is 4.69. The van der Waals surface area contributed by atoms with E-state index in [2.05, 4.69) is 41.5 Å². The zero-order chi connectivity index (χ0) is 15.8. The van der Waals surface area contributed by atoms with E-state index in [-0.39, 0.29) is 0 Å². The molecule has 0 aromatic heterocycles. The highest BCUT2D eigenvalue weighted by Gasteiger charge is 2.40. The lowest BCUT2D eigenvalue weighted by Crippen LogP contribution is -2.38. The predicted molar refractivity (Wildman–Crippen MR) is 90.2 cm³/mol. The first kappa shape index (κ1) is 17.0. The molecule has 1 heteroatoms. The lowest BCUT2D eigenvalue weighted by Gasteiger charge is -2.43. The third kappa shape index (κ3) is 4.11. The number of Topliss-reactive ketones (excluding diaryl/α,β-unsaturated/α-hetero) is 1. The molecule has 0 unspecified atom stereocenters. The highest BCUT2D eigenvalue weighted by molar-refractivity contribution is 5.82. The Kier molecular flexibility index (Phi) is 4.90. The molecule has 2 atom stereocenters. The van der Waals surface area contributed by atoms with E-state index >= 15 is 0 Å². The molecule has 2 aliphatic rings. The Balaban J connectivity index is 1.97. The molecule has 2 saturated carbocycles. The minimum atomic E-state index is 0.363. The Labute approximate surface area is 132 Å². The number of carbonyl (C=O) groups excluding carboxylic acids is 1. The molecule has 0 N–H and O–H groups in total. The Morgan fingerprint density at radius 3 is 1.76 bits per heavy atom. The largest absolute Gasteiger partial charge is 0.299 e. The van der Waals surface area contributed by atoms with Crippen molar-refractivity contribution in [3.63, 3.8) is 0 Å². The minimum Gasteiger partial charge on any atom is -0.299 e. The van der Waals surface area contributed by atoms with Crippen LogP contribution in [0.1, 0.15) is 86.5 Å². The zero-order valence-corrected chi connectivity index (χ0v) is 15.2. The van der Waals surface area contributed by atoms with E-state index in [1.165, 1.54) is 25.7 Å². The first-order chi connectivity index (χ1) is 9.59. The quantitative estimate of drug-likeness (QED) is 0.590. The Morgan fingerprint density at radius 2 is 1.29 bits per heavy atom. The van der Waals surface area contributed by atoms with Crippen LogP contribution in [0.4, 0.5) is 0 Å². The third-order valence-corrected chi connectivity index (χ3v) is 6.48. The van der Waals surface area contributed by atoms with Crippen LogP contribution >= 0.6 is 0 Å². The fraction of sp³-hybridized carbons (Fsp3) is 0.950. The molecule has 0 aliphatic heterocycles. The SMILES string of the molecule is CC(C)(C)C1CCC([C@@H]2C[C@@H](C(C)(C)C)CCC2=O)CC1. The predicted octanol–water partition coefficient (Wildman–Crippen LogP) is 5.87. The molecule has 21 heavy (non-hydrogen) atoms. The molecular weight excluding hydrogens is 256 g/mol. The van der Waals surface area contributed by atoms with Crippen LogP contribution in [0, 0.1) is 34.5 Å². The maximum Gasteiger partial charge on any atom is 0.136 e. The normalized spacial score (nSPS) is 35.8. The van der Waals surface area contributed by atoms with Crippen LogP contribution in [0.25, 0.3) is 0 Å². The topological polar surface area (TPSA) is 17.1 Å². The van der Waals surface area contributed by atoms with Gasteiger partial charge in [-0.05, 0) is 67.1 Å². The van der Waals surface area contributed by atoms with Crippen molar-refractivity contribution >= 4 is 5.78 Å². The summed E-state index contributed by atoms with van der Waals surface area (Å²) in [6, 6.07) is 0. The van der Waals surface area contributed by atoms with Gasteiger partial charge in [0.25, 0.3) is 0 Å². The summed E-state index contributed by atoms with van der Waals surface area (Å²) in [5, 5.41) is 0. The van der Waals surface area contributed by atoms with Gasteiger partial charge < -0.3 is 0 Å². The molecule has 0 radical (unpaired) electrons. The summed E-state index contributed by atoms with van der Waals surface area (Å²) in [5.41, 5.74) is 0.803. The number of ketones is 1. The molecular formula is C20H36O. The highest BCUT2D eigenvalue weighted by atomic mass is 16.1. The second-order valence-corrected chi connectivity index (χ2v) is 9.89. The van der Waals surface area contributed by atoms with Gasteiger partial charge in [0.05, 0.1) is 0 Å². The highest BCUT2D eigenvalue weighted by Crippen LogP contribution is 2.47. The average Bonchev–Trinajstić information content (AvgIpc) is 2.37. The summed E-state index contributed by atoms with van der Waals surface area (Å²) < 4.78 is 0. The van der Waals surface area contributed by atoms with E-state index < -0.39 is 0 Å². The number of rotatable bonds is 1. The van der Waals surface area contributed by atoms with E-state index in [1.54, 1.807) is 0 Å². The van der Waals surface area contributed by atoms with Crippen molar-refractivity contribution in [2.45, 2.75) is 86.5 Å². The van der Waals surface area contributed by atoms with Gasteiger partial charge in [-0.25, -0.2) is 0 Å². The van der Waals surface area contributed by atoms with Gasteiger partial charge >= 0.3 is 0 Å². The van der Waals surface area contributed by atoms with Gasteiger partial charge in [-0.3, -0.25) is 4.79 Å². The second kappa shape index (κ2) is 6.05. The van der Waals surface area contributed by atoms with Crippen LogP contribution in [0.3, 0.4) is 0 Å². The first-order valence-electron chi connectivity index (χ1n) is 9.11. The van der Waals surface area contributed by atoms with E-state index in [9.17, 15) is 4.79 Å². The molecule has 1 nitrogen and oxygen atoms in total. The molecule has 0 amide bonds. The maximum atomic E-state index is 12.4. The molecule has 0 aromatic rings. The van der Waals surface area contributed by atoms with Gasteiger partial charge in [-0.1, -0.05) is 41.5 Å². The van der Waals surface area contributed by atoms with Crippen molar-refractivity contribution in [1.82, 2.24) is 0 Å². The van der Waals surface area contributed by atoms with Gasteiger partial charge in [0.1, 0.15) is 5.78 Å². The van der Waals surface area contributed by atoms with Crippen LogP contribution in [0.15, 0.2) is 0 Å². The van der Waals surface area contributed by atoms with E-state index in [0.717, 1.165) is 31.1 Å². The van der Waals surface area contributed by atoms with Crippen LogP contribution in [-0.2, 0) is 4.79 Å². The van der Waals surface area contributed by atoms with Gasteiger partial charge in [0.2, 0.25) is 0 Å². The van der Waals surface area contributed by atoms with Gasteiger partial charge in [-0.2, -0.15) is 0 Å². The summed E-state index contributed by atoms with van der Waals surface area (Å²) >= 11 is 0. The number of hydrogen-bond donors (Lipinski definition) is 0. The Morgan fingerprint density at radius 1 is 0.762 bits per heavy atom. The van der Waals surface area contributed by atoms with Gasteiger partial charge in [0, 0.05) is 12.3 Å². The fourth-order valence-corrected chi connectivity index (χ4v) is 4.69. The summed E-state index contributed by atoms with van der Waals surface area (Å²) in [4.78, 5) is 12.4. The van der Waals surface area contributed by atoms with Crippen molar-refractivity contribution in [2.24, 2.45) is 34.5 Å². The Hall–Kier alpha value is -0.330. The van der Waals surface area contributed by atoms with Gasteiger partial charge in [-0.15, -0.1) is 0 Å². The summed E-state index contributed by atoms with van der Waals surface area (Å²) in [5.74, 6) is 3.23. The monoisotopic (exact) mass is 292 g/mol. The molecule has 0 spiro atoms. The summed E-state index contributed by atoms with van der Waals surface area (Å²) in [6.45, 7) is 14.2. The van der Waals surface area contributed by atoms with Crippen molar-refractivity contribution in [3.8, 4) is 0 Å². The molecule has 122 valence electrons. The average molecular weight is 293 g/mol. The van der Waals surface area contributed by atoms with E-state index in [0.29, 0.717) is 28.4 Å². The van der Waals surface area contributed by atoms with Crippen LogP contribution in [0.5, 0.6) is 0 Å². The van der Waals surface area contributed by atoms with Crippen molar-refractivity contribution in [3.05, 3.63) is 0 Å². The molecule has 0 bridgehead atoms. The van der Waals surface area contributed by atoms with Crippen molar-refractivity contribution in [2.75, 3.05) is 0 Å². The number of hydrogen-bond acceptors (Lipinski definition) is 1. The minimum absolute atomic E-state index is 0.363. The van der Waals surface area contributed by atoms with Crippen LogP contribution in [-0.4, -0.2) is 5.78 Å². The molecule has 0 heterocycles. The van der Waals surface area contributed by atoms with Crippen LogP contribution < -0.4 is 0 Å². The molecule has 0 saturated heterocycles. The van der Waals surface area contributed by atoms with Crippen molar-refractivity contribution in [1.29, 1.82) is 0 Å². The van der Waals surface area contributed by atoms with Crippen molar-refractivity contribution < 1.29 is 4.79 Å². The lowest BCUT2D eigenvalue weighted by atomic mass is 9.61. The van der Waals surface area contributed by atoms with E-state index in [4.69, 9.17) is 0 Å². The molecule has 0 aromatic carbocycles. The molecule has 2 aliphatic carbocycles. The first-order valence-corrected chi connectivity index (χ1v) is 9.11. The summed E-state index contributed by atoms with van der Waals surface area (Å²) in [7, 11) is 0. The summed E-state index contributed by atoms with van der Waals surface area (Å²) in [6.07, 6.45) is 8.36. The molecule has 2 rings (SSSR count). The Bertz CT molecular complexity index is 360. The zero-order valence-electron chi connectivity index (χ0n) is 15.2. The van der Waals surface area contributed by atoms with Crippen LogP contribution in [0.2, 0.25) is 0 Å². The lowest BCUT2D eigenvalue weighted by molar-refractivity contribution is -0.129. The van der Waals surface area contributed by atoms with E-state index in [1.807, 2.05) is 0 Å². The smallest absolute Gasteiger partial charge is 0.136 e. The second-order valence-electron chi connectivity index (χ2n) is 9.89. The third-order valence-electron chi connectivity index (χ3n) is 6.48. The number of carbonyl (C=O) groups is 1. The standard InChI is InChI=1S/C20H36O/c1-19(2,3)15-9-7-14(8-10-15)17-13-16(20(4,5)6)11-12-18(17)21/h14-17H,7-13H2,1-6H3/t14?,15?,16-,17-/m0/s1. The van der Waals surface area contributed by atoms with Gasteiger partial charge in [0.15, 0.2) is 0 Å². The molecule has 2 fully saturated rings. The maximum absolute atomic E-state index is 12.4.